The summed E-state index contributed by atoms with van der Waals surface area (Å²) in [5.74, 6) is -1.91. The number of esters is 1. The Balaban J connectivity index is 2.39. The normalized spacial score (nSPS) is 17.9. The first-order chi connectivity index (χ1) is 13.1. The number of hydrogen-bond donors (Lipinski definition) is 1. The largest absolute Gasteiger partial charge is 0.480 e. The molecular formula is C19H20Cl2O7. The number of benzene rings is 1. The highest BCUT2D eigenvalue weighted by Crippen LogP contribution is 2.49. The van der Waals surface area contributed by atoms with E-state index in [1.54, 1.807) is 0 Å². The molecule has 0 fully saturated rings. The Morgan fingerprint density at radius 1 is 1.18 bits per heavy atom. The van der Waals surface area contributed by atoms with E-state index < -0.39 is 24.0 Å². The minimum atomic E-state index is -1.18. The van der Waals surface area contributed by atoms with Gasteiger partial charge in [-0.2, -0.15) is 0 Å². The van der Waals surface area contributed by atoms with Gasteiger partial charge in [0.25, 0.3) is 0 Å². The van der Waals surface area contributed by atoms with Crippen molar-refractivity contribution in [2.45, 2.75) is 39.5 Å². The van der Waals surface area contributed by atoms with Crippen molar-refractivity contribution < 1.29 is 33.8 Å². The molecule has 0 saturated heterocycles. The van der Waals surface area contributed by atoms with Crippen LogP contribution >= 0.6 is 23.2 Å². The summed E-state index contributed by atoms with van der Waals surface area (Å²) in [5, 5.41) is 8.73. The van der Waals surface area contributed by atoms with Crippen LogP contribution in [0, 0.1) is 5.41 Å². The summed E-state index contributed by atoms with van der Waals surface area (Å²) < 4.78 is 10.2. The molecule has 2 rings (SSSR count). The number of carboxylic acid groups (broad SMARTS) is 1. The Hall–Kier alpha value is -2.12. The second-order valence-corrected chi connectivity index (χ2v) is 7.55. The third-order valence-electron chi connectivity index (χ3n) is 4.69. The number of aliphatic carboxylic acids is 1. The summed E-state index contributed by atoms with van der Waals surface area (Å²) in [6.45, 7) is 2.13. The van der Waals surface area contributed by atoms with E-state index in [2.05, 4.69) is 0 Å². The summed E-state index contributed by atoms with van der Waals surface area (Å²) in [7, 11) is 0. The third-order valence-corrected chi connectivity index (χ3v) is 5.54. The molecule has 1 aliphatic carbocycles. The van der Waals surface area contributed by atoms with E-state index in [1.807, 2.05) is 0 Å². The zero-order chi connectivity index (χ0) is 21.1. The molecule has 0 bridgehead atoms. The molecule has 0 heterocycles. The number of carboxylic acids is 1. The van der Waals surface area contributed by atoms with Gasteiger partial charge in [0.2, 0.25) is 0 Å². The molecule has 152 valence electrons. The van der Waals surface area contributed by atoms with Crippen LogP contribution in [0.15, 0.2) is 6.07 Å². The number of ether oxygens (including phenoxy) is 2. The fourth-order valence-corrected chi connectivity index (χ4v) is 3.83. The van der Waals surface area contributed by atoms with Gasteiger partial charge >= 0.3 is 11.9 Å². The highest BCUT2D eigenvalue weighted by Gasteiger charge is 2.47. The number of hydrogen-bond acceptors (Lipinski definition) is 6. The summed E-state index contributed by atoms with van der Waals surface area (Å²) in [6.07, 6.45) is 0.951. The van der Waals surface area contributed by atoms with Crippen molar-refractivity contribution in [1.29, 1.82) is 0 Å². The van der Waals surface area contributed by atoms with Gasteiger partial charge < -0.3 is 19.4 Å². The van der Waals surface area contributed by atoms with Crippen LogP contribution in [0.4, 0.5) is 0 Å². The number of rotatable bonds is 9. The zero-order valence-electron chi connectivity index (χ0n) is 15.5. The van der Waals surface area contributed by atoms with Gasteiger partial charge in [-0.1, -0.05) is 23.2 Å². The fourth-order valence-electron chi connectivity index (χ4n) is 3.33. The molecule has 0 saturated carbocycles. The minimum Gasteiger partial charge on any atom is -0.480 e. The van der Waals surface area contributed by atoms with Crippen LogP contribution in [0.2, 0.25) is 10.0 Å². The second kappa shape index (κ2) is 8.92. The van der Waals surface area contributed by atoms with Crippen LogP contribution in [0.1, 0.15) is 49.0 Å². The quantitative estimate of drug-likeness (QED) is 0.597. The number of carbonyl (C=O) groups excluding carboxylic acids is 3. The monoisotopic (exact) mass is 430 g/mol. The standard InChI is InChI=1S/C19H20Cl2O7/c1-10(22)3-4-19(5-6-27-11(2)23)8-12-7-13(28-9-14(24)25)16(20)17(21)15(12)18(19)26/h7H,3-6,8-9H2,1-2H3,(H,24,25). The lowest BCUT2D eigenvalue weighted by Crippen LogP contribution is -2.31. The Bertz CT molecular complexity index is 834. The van der Waals surface area contributed by atoms with Gasteiger partial charge in [0, 0.05) is 24.3 Å². The SMILES string of the molecule is CC(=O)CCC1(CCOC(C)=O)Cc2cc(OCC(=O)O)c(Cl)c(Cl)c2C1=O. The number of fused-ring (bicyclic) bond motifs is 1. The van der Waals surface area contributed by atoms with E-state index in [4.69, 9.17) is 37.8 Å². The van der Waals surface area contributed by atoms with Crippen molar-refractivity contribution >= 4 is 46.7 Å². The van der Waals surface area contributed by atoms with Gasteiger partial charge in [0.1, 0.15) is 16.6 Å². The van der Waals surface area contributed by atoms with E-state index in [1.165, 1.54) is 19.9 Å². The molecule has 9 heteroatoms. The molecule has 0 aromatic heterocycles. The lowest BCUT2D eigenvalue weighted by molar-refractivity contribution is -0.142. The fraction of sp³-hybridized carbons (Fsp3) is 0.474. The number of carbonyl (C=O) groups is 4. The maximum atomic E-state index is 13.2. The molecule has 1 N–H and O–H groups in total. The smallest absolute Gasteiger partial charge is 0.341 e. The number of Topliss-reactive ketones (excluding diaryl/α,β-unsaturated/α-hetero) is 2. The molecule has 28 heavy (non-hydrogen) atoms. The average Bonchev–Trinajstić information content (AvgIpc) is 2.87. The molecule has 0 radical (unpaired) electrons. The van der Waals surface area contributed by atoms with Crippen LogP contribution in [0.3, 0.4) is 0 Å². The van der Waals surface area contributed by atoms with Crippen LogP contribution in [-0.2, 0) is 25.5 Å². The first-order valence-electron chi connectivity index (χ1n) is 8.60. The van der Waals surface area contributed by atoms with Gasteiger partial charge in [0.05, 0.1) is 11.6 Å². The van der Waals surface area contributed by atoms with E-state index in [9.17, 15) is 19.2 Å². The van der Waals surface area contributed by atoms with Crippen molar-refractivity contribution in [2.24, 2.45) is 5.41 Å². The molecule has 0 amide bonds. The van der Waals surface area contributed by atoms with Crippen LogP contribution < -0.4 is 4.74 Å². The van der Waals surface area contributed by atoms with Crippen LogP contribution in [0.5, 0.6) is 5.75 Å². The average molecular weight is 431 g/mol. The summed E-state index contributed by atoms with van der Waals surface area (Å²) in [4.78, 5) is 46.6. The molecule has 7 nitrogen and oxygen atoms in total. The molecule has 1 atom stereocenters. The number of halogens is 2. The highest BCUT2D eigenvalue weighted by molar-refractivity contribution is 6.45. The van der Waals surface area contributed by atoms with Crippen molar-refractivity contribution in [3.63, 3.8) is 0 Å². The van der Waals surface area contributed by atoms with Crippen LogP contribution in [0.25, 0.3) is 0 Å². The minimum absolute atomic E-state index is 0.0123. The van der Waals surface area contributed by atoms with E-state index in [-0.39, 0.29) is 65.2 Å². The molecule has 1 aliphatic rings. The predicted molar refractivity (Wildman–Crippen MR) is 101 cm³/mol. The summed E-state index contributed by atoms with van der Waals surface area (Å²) in [6, 6.07) is 1.51. The second-order valence-electron chi connectivity index (χ2n) is 6.80. The van der Waals surface area contributed by atoms with Gasteiger partial charge in [-0.25, -0.2) is 4.79 Å². The molecular weight excluding hydrogens is 411 g/mol. The first kappa shape index (κ1) is 22.2. The van der Waals surface area contributed by atoms with Gasteiger partial charge in [-0.3, -0.25) is 9.59 Å². The van der Waals surface area contributed by atoms with E-state index >= 15 is 0 Å². The van der Waals surface area contributed by atoms with E-state index in [0.29, 0.717) is 5.56 Å². The van der Waals surface area contributed by atoms with Gasteiger partial charge in [-0.15, -0.1) is 0 Å². The number of ketones is 2. The van der Waals surface area contributed by atoms with Crippen molar-refractivity contribution in [2.75, 3.05) is 13.2 Å². The summed E-state index contributed by atoms with van der Waals surface area (Å²) >= 11 is 12.5. The van der Waals surface area contributed by atoms with Gasteiger partial charge in [-0.05, 0) is 37.8 Å². The Morgan fingerprint density at radius 3 is 2.43 bits per heavy atom. The Labute approximate surface area is 171 Å². The lowest BCUT2D eigenvalue weighted by Gasteiger charge is -2.26. The topological polar surface area (TPSA) is 107 Å². The van der Waals surface area contributed by atoms with E-state index in [0.717, 1.165) is 0 Å². The van der Waals surface area contributed by atoms with Crippen molar-refractivity contribution in [3.8, 4) is 5.75 Å². The molecule has 1 unspecified atom stereocenters. The predicted octanol–water partition coefficient (Wildman–Crippen LogP) is 3.50. The first-order valence-corrected chi connectivity index (χ1v) is 9.36. The van der Waals surface area contributed by atoms with Crippen molar-refractivity contribution in [1.82, 2.24) is 0 Å². The van der Waals surface area contributed by atoms with Crippen LogP contribution in [-0.4, -0.2) is 41.8 Å². The maximum Gasteiger partial charge on any atom is 0.341 e. The summed E-state index contributed by atoms with van der Waals surface area (Å²) in [5.41, 5.74) is -0.158. The molecule has 0 aliphatic heterocycles. The zero-order valence-corrected chi connectivity index (χ0v) is 17.0. The third kappa shape index (κ3) is 4.83. The molecule has 1 aromatic rings. The Morgan fingerprint density at radius 2 is 1.86 bits per heavy atom. The van der Waals surface area contributed by atoms with Gasteiger partial charge in [0.15, 0.2) is 12.4 Å². The molecule has 0 spiro atoms. The van der Waals surface area contributed by atoms with Crippen molar-refractivity contribution in [3.05, 3.63) is 27.2 Å². The highest BCUT2D eigenvalue weighted by atomic mass is 35.5. The lowest BCUT2D eigenvalue weighted by atomic mass is 9.76. The Kier molecular flexibility index (Phi) is 7.06. The molecule has 1 aromatic carbocycles. The maximum absolute atomic E-state index is 13.2.